The number of hydrogen-bond acceptors (Lipinski definition) is 3. The zero-order valence-corrected chi connectivity index (χ0v) is 25.3. The maximum Gasteiger partial charge on any atom is 0.225 e. The van der Waals surface area contributed by atoms with Crippen molar-refractivity contribution in [2.24, 2.45) is 11.3 Å². The van der Waals surface area contributed by atoms with E-state index in [0.717, 1.165) is 57.1 Å². The lowest BCUT2D eigenvalue weighted by Gasteiger charge is -2.42. The number of nitrogens with zero attached hydrogens (tertiary/aromatic N) is 3. The van der Waals surface area contributed by atoms with E-state index in [1.807, 2.05) is 18.2 Å². The molecular formula is C39H33N3S. The molecule has 1 atom stereocenters. The Kier molecular flexibility index (Phi) is 7.05. The third-order valence-corrected chi connectivity index (χ3v) is 9.86. The second-order valence-electron chi connectivity index (χ2n) is 12.1. The highest BCUT2D eigenvalue weighted by Gasteiger charge is 2.38. The lowest BCUT2D eigenvalue weighted by molar-refractivity contribution is 0.228. The van der Waals surface area contributed by atoms with Gasteiger partial charge in [0.15, 0.2) is 0 Å². The van der Waals surface area contributed by atoms with Crippen LogP contribution in [0.1, 0.15) is 43.7 Å². The van der Waals surface area contributed by atoms with E-state index in [9.17, 15) is 0 Å². The van der Waals surface area contributed by atoms with Gasteiger partial charge in [-0.2, -0.15) is 0 Å². The van der Waals surface area contributed by atoms with Crippen molar-refractivity contribution in [3.63, 3.8) is 0 Å². The molecule has 4 aromatic carbocycles. The van der Waals surface area contributed by atoms with Crippen LogP contribution in [0.15, 0.2) is 132 Å². The Labute approximate surface area is 258 Å². The lowest BCUT2D eigenvalue weighted by atomic mass is 9.62. The van der Waals surface area contributed by atoms with Crippen LogP contribution in [-0.4, -0.2) is 4.98 Å². The fraction of sp³-hybridized carbons (Fsp3) is 0.179. The number of hydrogen-bond donors (Lipinski definition) is 0. The minimum Gasteiger partial charge on any atom is -0.311 e. The number of thiazole rings is 1. The van der Waals surface area contributed by atoms with Crippen molar-refractivity contribution in [3.8, 4) is 0 Å². The minimum atomic E-state index is 0.0732. The van der Waals surface area contributed by atoms with Gasteiger partial charge in [-0.05, 0) is 101 Å². The molecule has 1 aromatic heterocycles. The maximum absolute atomic E-state index is 8.11. The predicted molar refractivity (Wildman–Crippen MR) is 181 cm³/mol. The highest BCUT2D eigenvalue weighted by molar-refractivity contribution is 7.19. The molecule has 0 spiro atoms. The van der Waals surface area contributed by atoms with E-state index in [0.29, 0.717) is 11.6 Å². The highest BCUT2D eigenvalue weighted by atomic mass is 32.1. The summed E-state index contributed by atoms with van der Waals surface area (Å²) in [6.45, 7) is 12.8. The van der Waals surface area contributed by atoms with Crippen molar-refractivity contribution in [1.29, 1.82) is 0 Å². The Bertz CT molecular complexity index is 1850. The van der Waals surface area contributed by atoms with Gasteiger partial charge >= 0.3 is 0 Å². The second-order valence-corrected chi connectivity index (χ2v) is 13.1. The van der Waals surface area contributed by atoms with Crippen LogP contribution >= 0.6 is 11.3 Å². The van der Waals surface area contributed by atoms with E-state index < -0.39 is 0 Å². The molecule has 0 fully saturated rings. The van der Waals surface area contributed by atoms with Crippen LogP contribution in [0, 0.1) is 17.9 Å². The molecule has 7 rings (SSSR count). The smallest absolute Gasteiger partial charge is 0.225 e. The van der Waals surface area contributed by atoms with Gasteiger partial charge in [0.05, 0.1) is 16.8 Å². The fourth-order valence-electron chi connectivity index (χ4n) is 6.73. The summed E-state index contributed by atoms with van der Waals surface area (Å²) >= 11 is 1.62. The standard InChI is InChI=1S/C39H33N3S/c1-39(2)26-30(37(40-3)38-41-35-16-10-11-17-36(35)43-38)25-29-24-28(20-23-34(29)39)27-18-21-33(22-19-27)42(31-12-6-4-7-13-31)32-14-8-5-9-15-32/h4-19,21-22,24-25,34H,20,23,26H2,1-2H3. The molecular weight excluding hydrogens is 543 g/mol. The molecule has 1 heterocycles. The third kappa shape index (κ3) is 5.22. The minimum absolute atomic E-state index is 0.0732. The monoisotopic (exact) mass is 575 g/mol. The van der Waals surface area contributed by atoms with Gasteiger partial charge in [0.2, 0.25) is 5.70 Å². The Morgan fingerprint density at radius 1 is 0.814 bits per heavy atom. The van der Waals surface area contributed by atoms with Gasteiger partial charge in [0, 0.05) is 17.1 Å². The van der Waals surface area contributed by atoms with Crippen molar-refractivity contribution in [2.75, 3.05) is 4.90 Å². The number of rotatable bonds is 5. The van der Waals surface area contributed by atoms with Gasteiger partial charge in [-0.15, -0.1) is 11.3 Å². The van der Waals surface area contributed by atoms with E-state index in [1.54, 1.807) is 11.3 Å². The second kappa shape index (κ2) is 11.2. The van der Waals surface area contributed by atoms with E-state index in [-0.39, 0.29) is 5.41 Å². The quantitative estimate of drug-likeness (QED) is 0.194. The lowest BCUT2D eigenvalue weighted by Crippen LogP contribution is -2.31. The molecule has 0 saturated carbocycles. The zero-order valence-electron chi connectivity index (χ0n) is 24.5. The maximum atomic E-state index is 8.11. The number of anilines is 3. The van der Waals surface area contributed by atoms with Crippen molar-refractivity contribution < 1.29 is 0 Å². The number of fused-ring (bicyclic) bond motifs is 2. The largest absolute Gasteiger partial charge is 0.311 e. The Hall–Kier alpha value is -4.72. The predicted octanol–water partition coefficient (Wildman–Crippen LogP) is 11.2. The van der Waals surface area contributed by atoms with Crippen molar-refractivity contribution >= 4 is 49.9 Å². The first kappa shape index (κ1) is 27.1. The Morgan fingerprint density at radius 3 is 2.09 bits per heavy atom. The van der Waals surface area contributed by atoms with E-state index >= 15 is 0 Å². The van der Waals surface area contributed by atoms with Crippen molar-refractivity contribution in [1.82, 2.24) is 4.98 Å². The van der Waals surface area contributed by atoms with Gasteiger partial charge in [-0.3, -0.25) is 0 Å². The molecule has 4 heteroatoms. The van der Waals surface area contributed by atoms with Gasteiger partial charge < -0.3 is 4.90 Å². The molecule has 0 bridgehead atoms. The first-order valence-electron chi connectivity index (χ1n) is 14.9. The number of benzene rings is 4. The number of aromatic nitrogens is 1. The summed E-state index contributed by atoms with van der Waals surface area (Å²) < 4.78 is 1.13. The van der Waals surface area contributed by atoms with E-state index in [1.165, 1.54) is 16.7 Å². The Morgan fingerprint density at radius 2 is 1.44 bits per heavy atom. The summed E-state index contributed by atoms with van der Waals surface area (Å²) in [6.07, 6.45) is 7.76. The summed E-state index contributed by atoms with van der Waals surface area (Å²) in [6, 6.07) is 38.2. The van der Waals surface area contributed by atoms with Crippen LogP contribution in [-0.2, 0) is 0 Å². The van der Waals surface area contributed by atoms with Crippen LogP contribution in [0.25, 0.3) is 26.3 Å². The van der Waals surface area contributed by atoms with Crippen molar-refractivity contribution in [3.05, 3.63) is 154 Å². The summed E-state index contributed by atoms with van der Waals surface area (Å²) in [5, 5.41) is 0.828. The molecule has 0 radical (unpaired) electrons. The van der Waals surface area contributed by atoms with Crippen LogP contribution < -0.4 is 4.90 Å². The molecule has 43 heavy (non-hydrogen) atoms. The van der Waals surface area contributed by atoms with Gasteiger partial charge in [0.1, 0.15) is 5.01 Å². The van der Waals surface area contributed by atoms with Crippen LogP contribution in [0.5, 0.6) is 0 Å². The van der Waals surface area contributed by atoms with Gasteiger partial charge in [-0.1, -0.05) is 86.7 Å². The molecule has 1 unspecified atom stereocenters. The van der Waals surface area contributed by atoms with Gasteiger partial charge in [-0.25, -0.2) is 9.83 Å². The average molecular weight is 576 g/mol. The third-order valence-electron chi connectivity index (χ3n) is 8.81. The summed E-state index contributed by atoms with van der Waals surface area (Å²) in [7, 11) is 0. The molecule has 2 aliphatic carbocycles. The molecule has 2 aliphatic rings. The first-order chi connectivity index (χ1) is 21.0. The van der Waals surface area contributed by atoms with Crippen LogP contribution in [0.3, 0.4) is 0 Å². The van der Waals surface area contributed by atoms with Crippen LogP contribution in [0.4, 0.5) is 17.1 Å². The molecule has 5 aromatic rings. The molecule has 3 nitrogen and oxygen atoms in total. The summed E-state index contributed by atoms with van der Waals surface area (Å²) in [5.74, 6) is 0.480. The van der Waals surface area contributed by atoms with E-state index in [2.05, 4.69) is 127 Å². The summed E-state index contributed by atoms with van der Waals surface area (Å²) in [5.41, 5.74) is 10.2. The number of allylic oxidation sites excluding steroid dienone is 5. The number of para-hydroxylation sites is 3. The van der Waals surface area contributed by atoms with E-state index in [4.69, 9.17) is 11.6 Å². The summed E-state index contributed by atoms with van der Waals surface area (Å²) in [4.78, 5) is 11.2. The zero-order chi connectivity index (χ0) is 29.4. The highest BCUT2D eigenvalue weighted by Crippen LogP contribution is 2.51. The Balaban J connectivity index is 1.25. The topological polar surface area (TPSA) is 20.5 Å². The fourth-order valence-corrected chi connectivity index (χ4v) is 7.72. The average Bonchev–Trinajstić information content (AvgIpc) is 3.46. The SMILES string of the molecule is [C-]#[N+]C(=C1C=C2C=C(c3ccc(N(c4ccccc4)c4ccccc4)cc3)CCC2C(C)(C)C1)c1nc2ccccc2s1. The van der Waals surface area contributed by atoms with Crippen molar-refractivity contribution in [2.45, 2.75) is 33.1 Å². The molecule has 0 saturated heterocycles. The molecule has 0 N–H and O–H groups in total. The normalized spacial score (nSPS) is 18.7. The molecule has 0 amide bonds. The van der Waals surface area contributed by atoms with Gasteiger partial charge in [0.25, 0.3) is 0 Å². The molecule has 0 aliphatic heterocycles. The first-order valence-corrected chi connectivity index (χ1v) is 15.7. The van der Waals surface area contributed by atoms with Crippen LogP contribution in [0.2, 0.25) is 0 Å². The molecule has 210 valence electrons.